The third-order valence-corrected chi connectivity index (χ3v) is 5.25. The van der Waals surface area contributed by atoms with Gasteiger partial charge >= 0.3 is 0 Å². The molecule has 0 bridgehead atoms. The third-order valence-electron chi connectivity index (χ3n) is 4.33. The number of carbonyl (C=O) groups is 1. The van der Waals surface area contributed by atoms with Gasteiger partial charge in [-0.15, -0.1) is 10.2 Å². The maximum absolute atomic E-state index is 12.3. The molecule has 0 atom stereocenters. The van der Waals surface area contributed by atoms with Crippen molar-refractivity contribution in [2.24, 2.45) is 0 Å². The molecule has 1 amide bonds. The highest BCUT2D eigenvalue weighted by Gasteiger charge is 2.11. The summed E-state index contributed by atoms with van der Waals surface area (Å²) in [6.45, 7) is 4.00. The van der Waals surface area contributed by atoms with Gasteiger partial charge in [0.1, 0.15) is 16.5 Å². The molecule has 1 N–H and O–H groups in total. The molecule has 29 heavy (non-hydrogen) atoms. The Bertz CT molecular complexity index is 1010. The Morgan fingerprint density at radius 2 is 1.83 bits per heavy atom. The van der Waals surface area contributed by atoms with E-state index >= 15 is 0 Å². The molecule has 6 nitrogen and oxygen atoms in total. The van der Waals surface area contributed by atoms with Gasteiger partial charge in [-0.3, -0.25) is 4.79 Å². The van der Waals surface area contributed by atoms with E-state index in [1.165, 1.54) is 11.8 Å². The molecule has 0 spiro atoms. The van der Waals surface area contributed by atoms with Crippen LogP contribution in [-0.4, -0.2) is 36.1 Å². The summed E-state index contributed by atoms with van der Waals surface area (Å²) in [5.41, 5.74) is 4.50. The number of benzene rings is 2. The van der Waals surface area contributed by atoms with Crippen molar-refractivity contribution in [3.63, 3.8) is 0 Å². The molecule has 1 aromatic heterocycles. The number of methoxy groups -OCH3 is 2. The Morgan fingerprint density at radius 3 is 2.48 bits per heavy atom. The number of nitrogens with one attached hydrogen (secondary N) is 1. The SMILES string of the molecule is COc1ccc(OC)c(-c2ccc(SCC(=O)Nc3ccc(C)cc3C)nn2)c1. The topological polar surface area (TPSA) is 73.3 Å². The van der Waals surface area contributed by atoms with Crippen LogP contribution in [0.3, 0.4) is 0 Å². The van der Waals surface area contributed by atoms with Crippen molar-refractivity contribution in [1.29, 1.82) is 0 Å². The lowest BCUT2D eigenvalue weighted by Gasteiger charge is -2.10. The van der Waals surface area contributed by atoms with Crippen LogP contribution in [-0.2, 0) is 4.79 Å². The molecule has 0 aliphatic heterocycles. The van der Waals surface area contributed by atoms with Gasteiger partial charge < -0.3 is 14.8 Å². The first-order valence-electron chi connectivity index (χ1n) is 9.06. The fourth-order valence-corrected chi connectivity index (χ4v) is 3.45. The van der Waals surface area contributed by atoms with Crippen LogP contribution in [0.5, 0.6) is 11.5 Å². The number of anilines is 1. The lowest BCUT2D eigenvalue weighted by molar-refractivity contribution is -0.113. The number of nitrogens with zero attached hydrogens (tertiary/aromatic N) is 2. The molecule has 1 heterocycles. The van der Waals surface area contributed by atoms with Gasteiger partial charge in [0.15, 0.2) is 0 Å². The summed E-state index contributed by atoms with van der Waals surface area (Å²) in [6, 6.07) is 15.2. The number of amides is 1. The van der Waals surface area contributed by atoms with E-state index in [0.29, 0.717) is 22.2 Å². The number of aryl methyl sites for hydroxylation is 2. The number of thioether (sulfide) groups is 1. The zero-order valence-electron chi connectivity index (χ0n) is 16.9. The van der Waals surface area contributed by atoms with Gasteiger partial charge in [0.2, 0.25) is 5.91 Å². The van der Waals surface area contributed by atoms with Crippen LogP contribution in [0, 0.1) is 13.8 Å². The van der Waals surface area contributed by atoms with Crippen molar-refractivity contribution in [3.8, 4) is 22.8 Å². The molecule has 0 saturated heterocycles. The van der Waals surface area contributed by atoms with Gasteiger partial charge in [-0.25, -0.2) is 0 Å². The van der Waals surface area contributed by atoms with Gasteiger partial charge in [-0.2, -0.15) is 0 Å². The average molecular weight is 410 g/mol. The Labute approximate surface area is 174 Å². The second-order valence-electron chi connectivity index (χ2n) is 6.48. The molecule has 0 fully saturated rings. The lowest BCUT2D eigenvalue weighted by atomic mass is 10.1. The number of rotatable bonds is 7. The zero-order valence-corrected chi connectivity index (χ0v) is 17.7. The number of aromatic nitrogens is 2. The van der Waals surface area contributed by atoms with Crippen molar-refractivity contribution >= 4 is 23.4 Å². The first kappa shape index (κ1) is 20.7. The fraction of sp³-hybridized carbons (Fsp3) is 0.227. The largest absolute Gasteiger partial charge is 0.497 e. The minimum atomic E-state index is -0.0812. The summed E-state index contributed by atoms with van der Waals surface area (Å²) in [4.78, 5) is 12.3. The van der Waals surface area contributed by atoms with E-state index in [0.717, 1.165) is 22.4 Å². The van der Waals surface area contributed by atoms with E-state index in [1.807, 2.05) is 62.4 Å². The number of hydrogen-bond acceptors (Lipinski definition) is 6. The number of ether oxygens (including phenoxy) is 2. The smallest absolute Gasteiger partial charge is 0.234 e. The Hall–Kier alpha value is -3.06. The molecule has 0 aliphatic carbocycles. The second kappa shape index (κ2) is 9.43. The van der Waals surface area contributed by atoms with E-state index in [2.05, 4.69) is 15.5 Å². The molecule has 3 aromatic rings. The van der Waals surface area contributed by atoms with Crippen LogP contribution in [0.4, 0.5) is 5.69 Å². The summed E-state index contributed by atoms with van der Waals surface area (Å²) in [7, 11) is 3.22. The van der Waals surface area contributed by atoms with Gasteiger partial charge in [0.05, 0.1) is 25.7 Å². The summed E-state index contributed by atoms with van der Waals surface area (Å²) < 4.78 is 10.7. The maximum atomic E-state index is 12.3. The Kier molecular flexibility index (Phi) is 6.72. The molecule has 7 heteroatoms. The summed E-state index contributed by atoms with van der Waals surface area (Å²) in [5.74, 6) is 1.57. The zero-order chi connectivity index (χ0) is 20.8. The van der Waals surface area contributed by atoms with E-state index in [-0.39, 0.29) is 11.7 Å². The van der Waals surface area contributed by atoms with Crippen molar-refractivity contribution in [2.45, 2.75) is 18.9 Å². The van der Waals surface area contributed by atoms with Crippen LogP contribution < -0.4 is 14.8 Å². The average Bonchev–Trinajstić information content (AvgIpc) is 2.74. The van der Waals surface area contributed by atoms with Crippen molar-refractivity contribution < 1.29 is 14.3 Å². The lowest BCUT2D eigenvalue weighted by Crippen LogP contribution is -2.15. The summed E-state index contributed by atoms with van der Waals surface area (Å²) >= 11 is 1.34. The molecule has 150 valence electrons. The highest BCUT2D eigenvalue weighted by molar-refractivity contribution is 7.99. The van der Waals surface area contributed by atoms with Gasteiger partial charge in [0.25, 0.3) is 0 Å². The van der Waals surface area contributed by atoms with Crippen LogP contribution in [0.25, 0.3) is 11.3 Å². The Balaban J connectivity index is 1.64. The normalized spacial score (nSPS) is 10.5. The monoisotopic (exact) mass is 409 g/mol. The van der Waals surface area contributed by atoms with E-state index in [1.54, 1.807) is 14.2 Å². The standard InChI is InChI=1S/C22H23N3O3S/c1-14-5-7-18(15(2)11-14)23-21(26)13-29-22-10-8-19(24-25-22)17-12-16(27-3)6-9-20(17)28-4/h5-12H,13H2,1-4H3,(H,23,26). The maximum Gasteiger partial charge on any atom is 0.234 e. The van der Waals surface area contributed by atoms with Gasteiger partial charge in [-0.1, -0.05) is 29.5 Å². The molecular formula is C22H23N3O3S. The first-order valence-corrected chi connectivity index (χ1v) is 10.0. The van der Waals surface area contributed by atoms with Crippen LogP contribution in [0.15, 0.2) is 53.6 Å². The molecule has 0 saturated carbocycles. The van der Waals surface area contributed by atoms with Gasteiger partial charge in [0, 0.05) is 11.3 Å². The van der Waals surface area contributed by atoms with Crippen molar-refractivity contribution in [1.82, 2.24) is 10.2 Å². The molecule has 0 unspecified atom stereocenters. The van der Waals surface area contributed by atoms with Crippen LogP contribution >= 0.6 is 11.8 Å². The third kappa shape index (κ3) is 5.26. The van der Waals surface area contributed by atoms with E-state index in [4.69, 9.17) is 9.47 Å². The number of hydrogen-bond donors (Lipinski definition) is 1. The van der Waals surface area contributed by atoms with Crippen molar-refractivity contribution in [2.75, 3.05) is 25.3 Å². The quantitative estimate of drug-likeness (QED) is 0.579. The molecule has 0 radical (unpaired) electrons. The highest BCUT2D eigenvalue weighted by Crippen LogP contribution is 2.32. The second-order valence-corrected chi connectivity index (χ2v) is 7.47. The van der Waals surface area contributed by atoms with E-state index < -0.39 is 0 Å². The molecular weight excluding hydrogens is 386 g/mol. The van der Waals surface area contributed by atoms with Gasteiger partial charge in [-0.05, 0) is 55.8 Å². The minimum absolute atomic E-state index is 0.0812. The first-order chi connectivity index (χ1) is 14.0. The molecule has 3 rings (SSSR count). The van der Waals surface area contributed by atoms with Crippen LogP contribution in [0.1, 0.15) is 11.1 Å². The Morgan fingerprint density at radius 1 is 1.00 bits per heavy atom. The summed E-state index contributed by atoms with van der Waals surface area (Å²) in [5, 5.41) is 12.1. The predicted molar refractivity (Wildman–Crippen MR) is 116 cm³/mol. The minimum Gasteiger partial charge on any atom is -0.497 e. The molecule has 2 aromatic carbocycles. The predicted octanol–water partition coefficient (Wildman–Crippen LogP) is 4.51. The van der Waals surface area contributed by atoms with Crippen LogP contribution in [0.2, 0.25) is 0 Å². The fourth-order valence-electron chi connectivity index (χ4n) is 2.83. The van der Waals surface area contributed by atoms with E-state index in [9.17, 15) is 4.79 Å². The number of carbonyl (C=O) groups excluding carboxylic acids is 1. The van der Waals surface area contributed by atoms with Crippen molar-refractivity contribution in [3.05, 3.63) is 59.7 Å². The molecule has 0 aliphatic rings. The summed E-state index contributed by atoms with van der Waals surface area (Å²) in [6.07, 6.45) is 0. The highest BCUT2D eigenvalue weighted by atomic mass is 32.2.